The van der Waals surface area contributed by atoms with Crippen LogP contribution in [0.3, 0.4) is 0 Å². The predicted octanol–water partition coefficient (Wildman–Crippen LogP) is 7.57. The number of nitrogens with one attached hydrogen (secondary N) is 8. The van der Waals surface area contributed by atoms with Gasteiger partial charge in [-0.3, -0.25) is 98.4 Å². The van der Waals surface area contributed by atoms with Gasteiger partial charge in [-0.05, 0) is 119 Å². The van der Waals surface area contributed by atoms with E-state index in [9.17, 15) is 57.5 Å². The standard InChI is InChI=1S/4C25H28N4O4/c4*30-23-9-8-22(24(31)27-23)29-16-20-19(25(29)32)6-3-7-21(20)26-14-17-4-1-2-5-18(17)15-28-10-12-33-13-11-28/h4*1-7,22,26H,8-16H2,(H,27,30,31)/i8D2,9D2,16D2,22D;8D2,9D2,16D2;16D2,22D;16D2. The normalized spacial score (nSPS) is 27.3. The first-order valence-electron chi connectivity index (χ1n) is 52.9. The maximum atomic E-state index is 13.5. The molecule has 4 atom stereocenters. The van der Waals surface area contributed by atoms with E-state index in [1.165, 1.54) is 35.9 Å². The number of piperidine rings is 4. The molecule has 12 amide bonds. The maximum absolute atomic E-state index is 13.5. The summed E-state index contributed by atoms with van der Waals surface area (Å²) >= 11 is 0. The van der Waals surface area contributed by atoms with Gasteiger partial charge in [-0.1, -0.05) is 121 Å². The Morgan fingerprint density at radius 2 is 0.568 bits per heavy atom. The number of carbonyl (C=O) groups excluding carboxylic acids is 12. The van der Waals surface area contributed by atoms with Gasteiger partial charge >= 0.3 is 0 Å². The minimum atomic E-state index is -3.59. The van der Waals surface area contributed by atoms with Crippen LogP contribution in [0, 0.1) is 0 Å². The average molecular weight is 1810 g/mol. The Bertz CT molecular complexity index is 6650. The van der Waals surface area contributed by atoms with Gasteiger partial charge in [-0.15, -0.1) is 0 Å². The molecule has 8 saturated heterocycles. The van der Waals surface area contributed by atoms with Crippen LogP contribution in [-0.2, 0) is 136 Å². The average Bonchev–Trinajstić information content (AvgIpc) is 1.46. The monoisotopic (exact) mass is 1810 g/mol. The molecule has 12 aliphatic rings. The molecule has 0 radical (unpaired) electrons. The van der Waals surface area contributed by atoms with Gasteiger partial charge in [0, 0.05) is 235 Å². The molecular weight excluding hydrogens is 1680 g/mol. The van der Waals surface area contributed by atoms with E-state index in [4.69, 9.17) is 43.6 Å². The molecule has 0 aliphatic carbocycles. The number of carbonyl (C=O) groups is 12. The Hall–Kier alpha value is -12.9. The molecule has 0 bridgehead atoms. The highest BCUT2D eigenvalue weighted by atomic mass is 16.5. The molecule has 32 heteroatoms. The summed E-state index contributed by atoms with van der Waals surface area (Å²) in [5.41, 5.74) is 9.98. The summed E-state index contributed by atoms with van der Waals surface area (Å²) in [7, 11) is 0. The second kappa shape index (κ2) is 42.5. The number of benzene rings is 8. The number of ether oxygens (including phenoxy) is 4. The van der Waals surface area contributed by atoms with E-state index in [2.05, 4.69) is 63.6 Å². The Kier molecular flexibility index (Phi) is 22.8. The summed E-state index contributed by atoms with van der Waals surface area (Å²) in [5.74, 6) is -12.0. The number of hydrogen-bond donors (Lipinski definition) is 8. The van der Waals surface area contributed by atoms with E-state index in [0.717, 1.165) is 123 Å². The van der Waals surface area contributed by atoms with Crippen molar-refractivity contribution in [2.45, 2.75) is 154 Å². The zero-order chi connectivity index (χ0) is 107. The molecule has 12 heterocycles. The molecular formula is C100H112N16O16. The Morgan fingerprint density at radius 3 is 0.917 bits per heavy atom. The quantitative estimate of drug-likeness (QED) is 0.0270. The first-order chi connectivity index (χ1) is 71.2. The summed E-state index contributed by atoms with van der Waals surface area (Å²) in [6, 6.07) is 41.5. The molecule has 12 aliphatic heterocycles. The highest BCUT2D eigenvalue weighted by Crippen LogP contribution is 2.39. The lowest BCUT2D eigenvalue weighted by Gasteiger charge is -2.29. The van der Waals surface area contributed by atoms with Gasteiger partial charge in [0.2, 0.25) is 47.3 Å². The third kappa shape index (κ3) is 21.5. The van der Waals surface area contributed by atoms with Crippen molar-refractivity contribution in [3.05, 3.63) is 259 Å². The number of imide groups is 4. The van der Waals surface area contributed by atoms with Crippen molar-refractivity contribution in [1.82, 2.24) is 60.5 Å². The number of fused-ring (bicyclic) bond motifs is 4. The van der Waals surface area contributed by atoms with Crippen LogP contribution in [-0.4, -0.2) is 239 Å². The number of hydrogen-bond acceptors (Lipinski definition) is 24. The molecule has 32 nitrogen and oxygen atoms in total. The Labute approximate surface area is 791 Å². The molecule has 688 valence electrons. The van der Waals surface area contributed by atoms with E-state index in [-0.39, 0.29) is 93.0 Å². The van der Waals surface area contributed by atoms with E-state index in [0.29, 0.717) is 93.5 Å². The number of rotatable bonds is 24. The first-order valence-corrected chi connectivity index (χ1v) is 43.9. The Morgan fingerprint density at radius 1 is 0.295 bits per heavy atom. The molecule has 0 spiro atoms. The van der Waals surface area contributed by atoms with Gasteiger partial charge < -0.3 is 59.8 Å². The van der Waals surface area contributed by atoms with Crippen LogP contribution in [0.1, 0.15) is 184 Å². The number of anilines is 4. The van der Waals surface area contributed by atoms with Crippen LogP contribution in [0.5, 0.6) is 0 Å². The molecule has 0 aromatic heterocycles. The molecule has 20 rings (SSSR count). The smallest absolute Gasteiger partial charge is 0.255 e. The fourth-order valence-corrected chi connectivity index (χ4v) is 17.1. The molecule has 8 aromatic rings. The Balaban J connectivity index is 0.000000136. The molecule has 0 saturated carbocycles. The molecule has 4 unspecified atom stereocenters. The minimum absolute atomic E-state index is 0.0671. The van der Waals surface area contributed by atoms with Crippen LogP contribution in [0.2, 0.25) is 0 Å². The van der Waals surface area contributed by atoms with Crippen LogP contribution in [0.4, 0.5) is 22.7 Å². The van der Waals surface area contributed by atoms with Gasteiger partial charge in [-0.25, -0.2) is 0 Å². The summed E-state index contributed by atoms with van der Waals surface area (Å²) in [4.78, 5) is 163. The number of morpholine rings is 4. The van der Waals surface area contributed by atoms with Crippen molar-refractivity contribution in [2.75, 3.05) is 126 Å². The van der Waals surface area contributed by atoms with Gasteiger partial charge in [0.25, 0.3) is 23.6 Å². The summed E-state index contributed by atoms with van der Waals surface area (Å²) < 4.78 is 175. The fraction of sp³-hybridized carbons (Fsp3) is 0.400. The van der Waals surface area contributed by atoms with E-state index < -0.39 is 146 Å². The van der Waals surface area contributed by atoms with Crippen LogP contribution < -0.4 is 42.5 Å². The van der Waals surface area contributed by atoms with E-state index in [1.807, 2.05) is 84.9 Å². The molecule has 8 aromatic carbocycles. The zero-order valence-corrected chi connectivity index (χ0v) is 72.2. The van der Waals surface area contributed by atoms with Gasteiger partial charge in [0.15, 0.2) is 0 Å². The molecule has 132 heavy (non-hydrogen) atoms. The first kappa shape index (κ1) is 70.9. The second-order valence-corrected chi connectivity index (χ2v) is 32.7. The van der Waals surface area contributed by atoms with E-state index in [1.54, 1.807) is 53.1 Å². The lowest BCUT2D eigenvalue weighted by molar-refractivity contribution is -0.138. The third-order valence-corrected chi connectivity index (χ3v) is 24.2. The van der Waals surface area contributed by atoms with Gasteiger partial charge in [-0.2, -0.15) is 0 Å². The lowest BCUT2D eigenvalue weighted by Crippen LogP contribution is -2.52. The minimum Gasteiger partial charge on any atom is -0.381 e. The van der Waals surface area contributed by atoms with Gasteiger partial charge in [0.05, 0.1) is 66.6 Å². The van der Waals surface area contributed by atoms with Crippen molar-refractivity contribution in [2.24, 2.45) is 0 Å². The largest absolute Gasteiger partial charge is 0.381 e. The van der Waals surface area contributed by atoms with Crippen molar-refractivity contribution in [1.29, 1.82) is 0 Å². The van der Waals surface area contributed by atoms with Crippen molar-refractivity contribution in [3.63, 3.8) is 0 Å². The predicted molar refractivity (Wildman–Crippen MR) is 489 cm³/mol. The number of amides is 12. The van der Waals surface area contributed by atoms with Crippen molar-refractivity contribution < 1.29 is 101 Å². The number of nitrogens with zero attached hydrogens (tertiary/aromatic N) is 8. The maximum Gasteiger partial charge on any atom is 0.255 e. The van der Waals surface area contributed by atoms with Crippen LogP contribution >= 0.6 is 0 Å². The highest BCUT2D eigenvalue weighted by Gasteiger charge is 2.45. The third-order valence-electron chi connectivity index (χ3n) is 24.2. The fourth-order valence-electron chi connectivity index (χ4n) is 17.1. The van der Waals surface area contributed by atoms with Crippen LogP contribution in [0.25, 0.3) is 0 Å². The zero-order valence-electron chi connectivity index (χ0n) is 90.2. The summed E-state index contributed by atoms with van der Waals surface area (Å²) in [6.07, 6.45) is -13.6. The molecule has 8 N–H and O–H groups in total. The SMILES string of the molecule is [2H]C1(N2C(=O)c3cccc(NCc4ccccc4CN4CCOCC4)c3C2([2H])[2H])CCC(=O)NC1=O.[2H]C1([2H])c2c(NCc3ccccc3CN3CCOCC3)cccc2C(=O)N1C1([2H])C(=O)NC(=O)C([2H])([2H])C1([2H])[2H].[2H]C1([2H])c2c(NCc3ccccc3CN3CCOCC3)cccc2C(=O)N1C1C(=O)NC(=O)C([2H])([2H])C1([2H])[2H].[2H]C1([2H])c2c(NCc3ccccc3CN3CCOCC3)cccc2C(=O)N1C1CCC(=O)NC1=O. The summed E-state index contributed by atoms with van der Waals surface area (Å²) in [6.45, 7) is 6.41. The van der Waals surface area contributed by atoms with Gasteiger partial charge in [0.1, 0.15) is 24.1 Å². The van der Waals surface area contributed by atoms with E-state index >= 15 is 0 Å². The second-order valence-electron chi connectivity index (χ2n) is 32.7. The topological polar surface area (TPSA) is 364 Å². The van der Waals surface area contributed by atoms with Crippen molar-refractivity contribution in [3.8, 4) is 0 Å². The van der Waals surface area contributed by atoms with Crippen molar-refractivity contribution >= 4 is 93.6 Å². The lowest BCUT2D eigenvalue weighted by atomic mass is 10.0. The van der Waals surface area contributed by atoms with Crippen LogP contribution in [0.15, 0.2) is 170 Å². The molecule has 8 fully saturated rings. The highest BCUT2D eigenvalue weighted by molar-refractivity contribution is 6.09. The summed E-state index contributed by atoms with van der Waals surface area (Å²) in [5, 5.41) is 20.7.